The fourth-order valence-electron chi connectivity index (χ4n) is 2.08. The molecule has 0 unspecified atom stereocenters. The fraction of sp³-hybridized carbons (Fsp3) is 0.235. The molecule has 0 saturated carbocycles. The van der Waals surface area contributed by atoms with Crippen molar-refractivity contribution >= 4 is 23.3 Å². The van der Waals surface area contributed by atoms with E-state index in [0.717, 1.165) is 11.1 Å². The molecule has 23 heavy (non-hydrogen) atoms. The van der Waals surface area contributed by atoms with Gasteiger partial charge in [-0.2, -0.15) is 0 Å². The van der Waals surface area contributed by atoms with E-state index in [1.165, 1.54) is 7.11 Å². The maximum absolute atomic E-state index is 11.9. The predicted molar refractivity (Wildman–Crippen MR) is 91.1 cm³/mol. The zero-order chi connectivity index (χ0) is 16.7. The summed E-state index contributed by atoms with van der Waals surface area (Å²) in [6.45, 7) is 0.523. The third-order valence-electron chi connectivity index (χ3n) is 3.31. The zero-order valence-corrected chi connectivity index (χ0v) is 13.6. The lowest BCUT2D eigenvalue weighted by Gasteiger charge is -2.11. The molecule has 0 atom stereocenters. The summed E-state index contributed by atoms with van der Waals surface area (Å²) in [5.74, 6) is 0.546. The van der Waals surface area contributed by atoms with Crippen LogP contribution in [-0.4, -0.2) is 24.8 Å². The van der Waals surface area contributed by atoms with Crippen molar-refractivity contribution < 1.29 is 14.6 Å². The van der Waals surface area contributed by atoms with Crippen molar-refractivity contribution in [2.45, 2.75) is 13.0 Å². The van der Waals surface area contributed by atoms with Gasteiger partial charge in [-0.1, -0.05) is 35.9 Å². The van der Waals surface area contributed by atoms with Crippen LogP contribution in [0, 0.1) is 0 Å². The number of carbonyl (C=O) groups excluding carboxylic acids is 1. The minimum atomic E-state index is -0.322. The smallest absolute Gasteiger partial charge is 0.319 e. The van der Waals surface area contributed by atoms with E-state index < -0.39 is 0 Å². The normalized spacial score (nSPS) is 10.2. The Bertz CT molecular complexity index is 659. The first kappa shape index (κ1) is 17.1. The van der Waals surface area contributed by atoms with Gasteiger partial charge < -0.3 is 20.5 Å². The molecule has 0 aliphatic carbocycles. The zero-order valence-electron chi connectivity index (χ0n) is 12.8. The van der Waals surface area contributed by atoms with Crippen LogP contribution < -0.4 is 15.4 Å². The number of aliphatic hydroxyl groups is 1. The van der Waals surface area contributed by atoms with Gasteiger partial charge in [-0.3, -0.25) is 0 Å². The van der Waals surface area contributed by atoms with Crippen LogP contribution in [0.3, 0.4) is 0 Å². The molecular weight excluding hydrogens is 316 g/mol. The molecule has 2 rings (SSSR count). The number of anilines is 1. The number of urea groups is 1. The van der Waals surface area contributed by atoms with E-state index >= 15 is 0 Å². The average molecular weight is 335 g/mol. The second kappa shape index (κ2) is 8.41. The molecule has 2 aromatic carbocycles. The van der Waals surface area contributed by atoms with Gasteiger partial charge >= 0.3 is 6.03 Å². The summed E-state index contributed by atoms with van der Waals surface area (Å²) in [7, 11) is 1.53. The van der Waals surface area contributed by atoms with Crippen molar-refractivity contribution in [1.82, 2.24) is 5.32 Å². The summed E-state index contributed by atoms with van der Waals surface area (Å²) in [6, 6.07) is 12.3. The highest BCUT2D eigenvalue weighted by molar-refractivity contribution is 6.31. The Morgan fingerprint density at radius 3 is 2.52 bits per heavy atom. The van der Waals surface area contributed by atoms with Gasteiger partial charge in [0.15, 0.2) is 0 Å². The number of rotatable bonds is 6. The second-order valence-electron chi connectivity index (χ2n) is 4.95. The van der Waals surface area contributed by atoms with Crippen molar-refractivity contribution in [3.63, 3.8) is 0 Å². The van der Waals surface area contributed by atoms with Crippen LogP contribution in [-0.2, 0) is 13.0 Å². The number of aliphatic hydroxyl groups excluding tert-OH is 1. The third kappa shape index (κ3) is 5.16. The first-order valence-corrected chi connectivity index (χ1v) is 7.57. The van der Waals surface area contributed by atoms with Gasteiger partial charge in [-0.05, 0) is 35.7 Å². The van der Waals surface area contributed by atoms with Crippen LogP contribution in [0.4, 0.5) is 10.5 Å². The monoisotopic (exact) mass is 334 g/mol. The molecule has 0 aromatic heterocycles. The van der Waals surface area contributed by atoms with E-state index in [4.69, 9.17) is 21.4 Å². The number of methoxy groups -OCH3 is 1. The molecule has 0 bridgehead atoms. The minimum absolute atomic E-state index is 0.0302. The number of ether oxygens (including phenoxy) is 1. The van der Waals surface area contributed by atoms with Crippen LogP contribution in [0.5, 0.6) is 5.75 Å². The van der Waals surface area contributed by atoms with E-state index in [1.54, 1.807) is 18.2 Å². The summed E-state index contributed by atoms with van der Waals surface area (Å²) in [5, 5.41) is 15.0. The lowest BCUT2D eigenvalue weighted by Crippen LogP contribution is -2.30. The van der Waals surface area contributed by atoms with E-state index in [0.29, 0.717) is 29.4 Å². The average Bonchev–Trinajstić information content (AvgIpc) is 2.56. The summed E-state index contributed by atoms with van der Waals surface area (Å²) in [4.78, 5) is 11.9. The predicted octanol–water partition coefficient (Wildman–Crippen LogP) is 3.21. The lowest BCUT2D eigenvalue weighted by molar-refractivity contribution is 0.252. The Morgan fingerprint density at radius 1 is 1.17 bits per heavy atom. The third-order valence-corrected chi connectivity index (χ3v) is 3.55. The first-order valence-electron chi connectivity index (χ1n) is 7.19. The number of nitrogens with one attached hydrogen (secondary N) is 2. The summed E-state index contributed by atoms with van der Waals surface area (Å²) < 4.78 is 5.18. The van der Waals surface area contributed by atoms with Gasteiger partial charge in [0.05, 0.1) is 19.4 Å². The molecule has 2 aromatic rings. The Morgan fingerprint density at radius 2 is 1.87 bits per heavy atom. The van der Waals surface area contributed by atoms with Crippen molar-refractivity contribution in [3.8, 4) is 5.75 Å². The maximum Gasteiger partial charge on any atom is 0.319 e. The number of amides is 2. The Labute approximate surface area is 140 Å². The minimum Gasteiger partial charge on any atom is -0.495 e. The Hall–Kier alpha value is -2.24. The summed E-state index contributed by atoms with van der Waals surface area (Å²) >= 11 is 5.92. The molecule has 5 nitrogen and oxygen atoms in total. The summed E-state index contributed by atoms with van der Waals surface area (Å²) in [6.07, 6.45) is 0.700. The van der Waals surface area contributed by atoms with Crippen LogP contribution in [0.1, 0.15) is 11.1 Å². The van der Waals surface area contributed by atoms with Gasteiger partial charge in [-0.15, -0.1) is 0 Å². The largest absolute Gasteiger partial charge is 0.495 e. The highest BCUT2D eigenvalue weighted by atomic mass is 35.5. The van der Waals surface area contributed by atoms with Gasteiger partial charge in [0.1, 0.15) is 5.75 Å². The van der Waals surface area contributed by atoms with Crippen LogP contribution >= 0.6 is 11.6 Å². The van der Waals surface area contributed by atoms with E-state index in [1.807, 2.05) is 24.3 Å². The molecule has 3 N–H and O–H groups in total. The Balaban J connectivity index is 1.84. The topological polar surface area (TPSA) is 70.6 Å². The molecular formula is C17H19ClN2O3. The molecule has 0 radical (unpaired) electrons. The van der Waals surface area contributed by atoms with Crippen LogP contribution in [0.2, 0.25) is 5.02 Å². The molecule has 0 heterocycles. The first-order chi connectivity index (χ1) is 11.1. The van der Waals surface area contributed by atoms with Gasteiger partial charge in [0, 0.05) is 11.6 Å². The highest BCUT2D eigenvalue weighted by Crippen LogP contribution is 2.27. The quantitative estimate of drug-likeness (QED) is 0.759. The van der Waals surface area contributed by atoms with Gasteiger partial charge in [0.25, 0.3) is 0 Å². The number of carbonyl (C=O) groups is 1. The highest BCUT2D eigenvalue weighted by Gasteiger charge is 2.07. The van der Waals surface area contributed by atoms with Crippen molar-refractivity contribution in [2.75, 3.05) is 19.0 Å². The molecule has 0 aliphatic heterocycles. The van der Waals surface area contributed by atoms with Crippen molar-refractivity contribution in [2.24, 2.45) is 0 Å². The number of hydrogen-bond acceptors (Lipinski definition) is 3. The molecule has 6 heteroatoms. The molecule has 0 spiro atoms. The van der Waals surface area contributed by atoms with E-state index in [2.05, 4.69) is 10.6 Å². The summed E-state index contributed by atoms with van der Waals surface area (Å²) in [5.41, 5.74) is 2.47. The molecule has 0 fully saturated rings. The van der Waals surface area contributed by atoms with Crippen LogP contribution in [0.15, 0.2) is 42.5 Å². The number of hydrogen-bond donors (Lipinski definition) is 3. The molecule has 122 valence electrons. The van der Waals surface area contributed by atoms with Crippen molar-refractivity contribution in [1.29, 1.82) is 0 Å². The van der Waals surface area contributed by atoms with Gasteiger partial charge in [-0.25, -0.2) is 4.79 Å². The second-order valence-corrected chi connectivity index (χ2v) is 5.39. The Kier molecular flexibility index (Phi) is 6.26. The molecule has 2 amide bonds. The lowest BCUT2D eigenvalue weighted by atomic mass is 10.1. The molecule has 0 aliphatic rings. The number of benzene rings is 2. The standard InChI is InChI=1S/C17H19ClN2O3/c1-23-16-7-6-14(18)10-15(16)20-17(22)19-9-8-12-2-4-13(11-21)5-3-12/h2-7,10,21H,8-9,11H2,1H3,(H2,19,20,22). The van der Waals surface area contributed by atoms with E-state index in [9.17, 15) is 4.79 Å². The maximum atomic E-state index is 11.9. The number of halogens is 1. The van der Waals surface area contributed by atoms with Crippen LogP contribution in [0.25, 0.3) is 0 Å². The SMILES string of the molecule is COc1ccc(Cl)cc1NC(=O)NCCc1ccc(CO)cc1. The fourth-order valence-corrected chi connectivity index (χ4v) is 2.25. The van der Waals surface area contributed by atoms with Gasteiger partial charge in [0.2, 0.25) is 0 Å². The van der Waals surface area contributed by atoms with Crippen molar-refractivity contribution in [3.05, 3.63) is 58.6 Å². The molecule has 0 saturated heterocycles. The van der Waals surface area contributed by atoms with E-state index in [-0.39, 0.29) is 12.6 Å².